The minimum absolute atomic E-state index is 0.0510. The number of carbonyl (C=O) groups excluding carboxylic acids is 2. The number of hydrogen-bond donors (Lipinski definition) is 1. The number of aliphatic hydroxyl groups excluding tert-OH is 1. The first-order valence-electron chi connectivity index (χ1n) is 9.46. The topological polar surface area (TPSA) is 76.1 Å². The van der Waals surface area contributed by atoms with E-state index >= 15 is 0 Å². The number of aliphatic hydroxyl groups is 1. The highest BCUT2D eigenvalue weighted by molar-refractivity contribution is 6.51. The number of Topliss-reactive ketones (excluding diaryl/α,β-unsaturated/α-hetero) is 1. The molecule has 2 aliphatic heterocycles. The molecule has 148 valence electrons. The number of fused-ring (bicyclic) bond motifs is 1. The highest BCUT2D eigenvalue weighted by atomic mass is 16.7. The number of ether oxygens (including phenoxy) is 2. The zero-order chi connectivity index (χ0) is 20.7. The Morgan fingerprint density at radius 2 is 1.53 bits per heavy atom. The number of carbonyl (C=O) groups is 2. The van der Waals surface area contributed by atoms with Crippen LogP contribution >= 0.6 is 0 Å². The van der Waals surface area contributed by atoms with Gasteiger partial charge in [0.1, 0.15) is 5.76 Å². The van der Waals surface area contributed by atoms with Crippen LogP contribution < -0.4 is 14.4 Å². The minimum atomic E-state index is -0.772. The normalized spacial score (nSPS) is 19.3. The van der Waals surface area contributed by atoms with E-state index in [1.807, 2.05) is 36.4 Å². The SMILES string of the molecule is O=C1C(=O)N(c2ccc3c(c2)OCO3)C(c2ccccc2)/C1=C(\O)c1ccccc1. The third-order valence-corrected chi connectivity index (χ3v) is 5.24. The van der Waals surface area contributed by atoms with Crippen molar-refractivity contribution in [1.29, 1.82) is 0 Å². The second-order valence-corrected chi connectivity index (χ2v) is 6.98. The fraction of sp³-hybridized carbons (Fsp3) is 0.0833. The number of rotatable bonds is 3. The third kappa shape index (κ3) is 2.81. The molecule has 1 fully saturated rings. The molecule has 2 heterocycles. The number of nitrogens with zero attached hydrogens (tertiary/aromatic N) is 1. The highest BCUT2D eigenvalue weighted by Crippen LogP contribution is 2.44. The van der Waals surface area contributed by atoms with Gasteiger partial charge in [-0.25, -0.2) is 0 Å². The summed E-state index contributed by atoms with van der Waals surface area (Å²) in [6.07, 6.45) is 0. The molecule has 1 atom stereocenters. The van der Waals surface area contributed by atoms with Gasteiger partial charge >= 0.3 is 0 Å². The quantitative estimate of drug-likeness (QED) is 0.409. The molecule has 2 aliphatic rings. The summed E-state index contributed by atoms with van der Waals surface area (Å²) in [6, 6.07) is 22.2. The van der Waals surface area contributed by atoms with Crippen LogP contribution in [0, 0.1) is 0 Å². The molecule has 0 saturated carbocycles. The first-order chi connectivity index (χ1) is 14.6. The van der Waals surface area contributed by atoms with Crippen LogP contribution in [-0.2, 0) is 9.59 Å². The summed E-state index contributed by atoms with van der Waals surface area (Å²) < 4.78 is 10.8. The Labute approximate surface area is 172 Å². The van der Waals surface area contributed by atoms with Gasteiger partial charge in [-0.15, -0.1) is 0 Å². The number of benzene rings is 3. The summed E-state index contributed by atoms with van der Waals surface area (Å²) in [6.45, 7) is 0.105. The maximum atomic E-state index is 13.1. The Bertz CT molecular complexity index is 1170. The van der Waals surface area contributed by atoms with Crippen molar-refractivity contribution in [2.75, 3.05) is 11.7 Å². The summed E-state index contributed by atoms with van der Waals surface area (Å²) in [7, 11) is 0. The fourth-order valence-corrected chi connectivity index (χ4v) is 3.84. The molecule has 6 nitrogen and oxygen atoms in total. The standard InChI is InChI=1S/C24H17NO5/c26-22(16-9-5-2-6-10-16)20-21(15-7-3-1-4-8-15)25(24(28)23(20)27)17-11-12-18-19(13-17)30-14-29-18/h1-13,21,26H,14H2/b22-20+. The Morgan fingerprint density at radius 3 is 2.27 bits per heavy atom. The van der Waals surface area contributed by atoms with Gasteiger partial charge in [-0.2, -0.15) is 0 Å². The van der Waals surface area contributed by atoms with Crippen LogP contribution in [0.2, 0.25) is 0 Å². The average molecular weight is 399 g/mol. The highest BCUT2D eigenvalue weighted by Gasteiger charge is 2.47. The zero-order valence-corrected chi connectivity index (χ0v) is 15.8. The van der Waals surface area contributed by atoms with E-state index in [-0.39, 0.29) is 18.1 Å². The van der Waals surface area contributed by atoms with E-state index in [0.29, 0.717) is 28.3 Å². The van der Waals surface area contributed by atoms with Gasteiger partial charge in [0, 0.05) is 17.3 Å². The lowest BCUT2D eigenvalue weighted by molar-refractivity contribution is -0.132. The molecule has 5 rings (SSSR count). The number of anilines is 1. The van der Waals surface area contributed by atoms with Crippen molar-refractivity contribution in [2.45, 2.75) is 6.04 Å². The first-order valence-corrected chi connectivity index (χ1v) is 9.46. The van der Waals surface area contributed by atoms with Gasteiger partial charge in [0.25, 0.3) is 11.7 Å². The van der Waals surface area contributed by atoms with Crippen molar-refractivity contribution in [3.8, 4) is 11.5 Å². The predicted octanol–water partition coefficient (Wildman–Crippen LogP) is 4.04. The van der Waals surface area contributed by atoms with Crippen molar-refractivity contribution in [3.05, 3.63) is 95.6 Å². The Morgan fingerprint density at radius 1 is 0.867 bits per heavy atom. The molecule has 0 radical (unpaired) electrons. The molecule has 1 saturated heterocycles. The second kappa shape index (κ2) is 7.08. The van der Waals surface area contributed by atoms with Crippen molar-refractivity contribution in [1.82, 2.24) is 0 Å². The van der Waals surface area contributed by atoms with Crippen molar-refractivity contribution < 1.29 is 24.2 Å². The van der Waals surface area contributed by atoms with E-state index in [0.717, 1.165) is 0 Å². The Hall–Kier alpha value is -4.06. The minimum Gasteiger partial charge on any atom is -0.507 e. The van der Waals surface area contributed by atoms with Crippen molar-refractivity contribution in [3.63, 3.8) is 0 Å². The Kier molecular flexibility index (Phi) is 4.25. The molecule has 6 heteroatoms. The van der Waals surface area contributed by atoms with Crippen LogP contribution in [0.25, 0.3) is 5.76 Å². The number of hydrogen-bond acceptors (Lipinski definition) is 5. The molecule has 1 unspecified atom stereocenters. The van der Waals surface area contributed by atoms with Gasteiger partial charge in [0.15, 0.2) is 11.5 Å². The second-order valence-electron chi connectivity index (χ2n) is 6.98. The Balaban J connectivity index is 1.71. The zero-order valence-electron chi connectivity index (χ0n) is 15.8. The van der Waals surface area contributed by atoms with Crippen molar-refractivity contribution >= 4 is 23.1 Å². The van der Waals surface area contributed by atoms with Crippen LogP contribution in [0.15, 0.2) is 84.4 Å². The molecule has 3 aromatic rings. The van der Waals surface area contributed by atoms with Gasteiger partial charge in [-0.1, -0.05) is 60.7 Å². The van der Waals surface area contributed by atoms with E-state index < -0.39 is 17.7 Å². The van der Waals surface area contributed by atoms with E-state index in [4.69, 9.17) is 9.47 Å². The van der Waals surface area contributed by atoms with Crippen molar-refractivity contribution in [2.24, 2.45) is 0 Å². The van der Waals surface area contributed by atoms with Gasteiger partial charge in [0.2, 0.25) is 6.79 Å². The van der Waals surface area contributed by atoms with Gasteiger partial charge in [-0.3, -0.25) is 14.5 Å². The molecule has 0 aliphatic carbocycles. The maximum Gasteiger partial charge on any atom is 0.300 e. The lowest BCUT2D eigenvalue weighted by Gasteiger charge is -2.25. The summed E-state index contributed by atoms with van der Waals surface area (Å²) >= 11 is 0. The number of amides is 1. The molecular weight excluding hydrogens is 382 g/mol. The first kappa shape index (κ1) is 18.0. The average Bonchev–Trinajstić information content (AvgIpc) is 3.36. The third-order valence-electron chi connectivity index (χ3n) is 5.24. The van der Waals surface area contributed by atoms with Gasteiger partial charge < -0.3 is 14.6 Å². The smallest absolute Gasteiger partial charge is 0.300 e. The van der Waals surface area contributed by atoms with E-state index in [2.05, 4.69) is 0 Å². The lowest BCUT2D eigenvalue weighted by Crippen LogP contribution is -2.29. The van der Waals surface area contributed by atoms with E-state index in [1.54, 1.807) is 42.5 Å². The van der Waals surface area contributed by atoms with Crippen LogP contribution in [-0.4, -0.2) is 23.6 Å². The maximum absolute atomic E-state index is 13.1. The largest absolute Gasteiger partial charge is 0.507 e. The summed E-state index contributed by atoms with van der Waals surface area (Å²) in [4.78, 5) is 27.5. The summed E-state index contributed by atoms with van der Waals surface area (Å²) in [5, 5.41) is 11.0. The van der Waals surface area contributed by atoms with Gasteiger partial charge in [-0.05, 0) is 17.7 Å². The summed E-state index contributed by atoms with van der Waals surface area (Å²) in [5.74, 6) is -0.561. The van der Waals surface area contributed by atoms with E-state index in [1.165, 1.54) is 4.90 Å². The fourth-order valence-electron chi connectivity index (χ4n) is 3.84. The van der Waals surface area contributed by atoms with Crippen LogP contribution in [0.5, 0.6) is 11.5 Å². The molecule has 0 spiro atoms. The summed E-state index contributed by atoms with van der Waals surface area (Å²) in [5.41, 5.74) is 1.73. The molecule has 0 bridgehead atoms. The monoisotopic (exact) mass is 399 g/mol. The molecule has 3 aromatic carbocycles. The molecule has 1 amide bonds. The molecule has 0 aromatic heterocycles. The predicted molar refractivity (Wildman–Crippen MR) is 110 cm³/mol. The molecule has 30 heavy (non-hydrogen) atoms. The number of ketones is 1. The molecular formula is C24H17NO5. The molecule has 1 N–H and O–H groups in total. The van der Waals surface area contributed by atoms with Crippen LogP contribution in [0.1, 0.15) is 17.2 Å². The lowest BCUT2D eigenvalue weighted by atomic mass is 9.95. The van der Waals surface area contributed by atoms with Crippen LogP contribution in [0.3, 0.4) is 0 Å². The van der Waals surface area contributed by atoms with Gasteiger partial charge in [0.05, 0.1) is 11.6 Å². The van der Waals surface area contributed by atoms with E-state index in [9.17, 15) is 14.7 Å². The van der Waals surface area contributed by atoms with Crippen LogP contribution in [0.4, 0.5) is 5.69 Å².